The third-order valence-corrected chi connectivity index (χ3v) is 5.05. The van der Waals surface area contributed by atoms with Crippen LogP contribution in [-0.4, -0.2) is 26.7 Å². The second-order valence-corrected chi connectivity index (χ2v) is 8.64. The van der Waals surface area contributed by atoms with Gasteiger partial charge in [0.25, 0.3) is 0 Å². The van der Waals surface area contributed by atoms with Gasteiger partial charge in [-0.25, -0.2) is 13.9 Å². The molecule has 1 aliphatic rings. The largest absolute Gasteiger partial charge is 0.489 e. The van der Waals surface area contributed by atoms with Gasteiger partial charge in [-0.15, -0.1) is 0 Å². The molecule has 6 heteroatoms. The van der Waals surface area contributed by atoms with Crippen molar-refractivity contribution in [2.24, 2.45) is 11.7 Å². The molecule has 1 aromatic carbocycles. The lowest BCUT2D eigenvalue weighted by Gasteiger charge is -2.26. The molecule has 2 heterocycles. The quantitative estimate of drug-likeness (QED) is 0.651. The van der Waals surface area contributed by atoms with Gasteiger partial charge in [0.1, 0.15) is 6.61 Å². The van der Waals surface area contributed by atoms with Crippen molar-refractivity contribution in [3.8, 4) is 16.9 Å². The minimum atomic E-state index is -0.494. The van der Waals surface area contributed by atoms with E-state index in [1.54, 1.807) is 16.8 Å². The molecule has 0 spiro atoms. The van der Waals surface area contributed by atoms with Gasteiger partial charge >= 0.3 is 0 Å². The van der Waals surface area contributed by atoms with E-state index in [0.29, 0.717) is 11.8 Å². The summed E-state index contributed by atoms with van der Waals surface area (Å²) < 4.78 is 22.2. The zero-order chi connectivity index (χ0) is 19.9. The summed E-state index contributed by atoms with van der Waals surface area (Å²) in [7, 11) is 0. The predicted octanol–water partition coefficient (Wildman–Crippen LogP) is 4.56. The summed E-state index contributed by atoms with van der Waals surface area (Å²) in [5.41, 5.74) is 9.20. The van der Waals surface area contributed by atoms with Gasteiger partial charge in [-0.3, -0.25) is 0 Å². The van der Waals surface area contributed by atoms with Gasteiger partial charge in [-0.2, -0.15) is 5.10 Å². The molecule has 5 nitrogen and oxygen atoms in total. The molecule has 2 aromatic heterocycles. The maximum Gasteiger partial charge on any atom is 0.165 e. The Balaban J connectivity index is 1.57. The van der Waals surface area contributed by atoms with Crippen LogP contribution in [0.25, 0.3) is 16.8 Å². The summed E-state index contributed by atoms with van der Waals surface area (Å²) in [6.07, 6.45) is 6.86. The van der Waals surface area contributed by atoms with Gasteiger partial charge in [-0.05, 0) is 55.9 Å². The second-order valence-electron chi connectivity index (χ2n) is 8.64. The Morgan fingerprint density at radius 1 is 1.32 bits per heavy atom. The molecule has 3 aromatic rings. The highest BCUT2D eigenvalue weighted by Gasteiger charge is 2.27. The van der Waals surface area contributed by atoms with Gasteiger partial charge < -0.3 is 10.5 Å². The molecule has 1 unspecified atom stereocenters. The molecule has 1 aliphatic carbocycles. The summed E-state index contributed by atoms with van der Waals surface area (Å²) in [5.74, 6) is 0.812. The topological polar surface area (TPSA) is 65.4 Å². The average Bonchev–Trinajstić information content (AvgIpc) is 3.38. The van der Waals surface area contributed by atoms with E-state index in [2.05, 4.69) is 18.9 Å². The number of imidazole rings is 1. The highest BCUT2D eigenvalue weighted by Crippen LogP contribution is 2.40. The molecule has 4 rings (SSSR count). The molecule has 0 saturated heterocycles. The molecule has 28 heavy (non-hydrogen) atoms. The van der Waals surface area contributed by atoms with Gasteiger partial charge in [0.15, 0.2) is 17.2 Å². The maximum absolute atomic E-state index is 14.7. The Morgan fingerprint density at radius 3 is 2.79 bits per heavy atom. The molecular weight excluding hydrogens is 355 g/mol. The molecule has 0 bridgehead atoms. The van der Waals surface area contributed by atoms with Crippen LogP contribution in [0.15, 0.2) is 36.7 Å². The van der Waals surface area contributed by atoms with Crippen molar-refractivity contribution in [3.63, 3.8) is 0 Å². The fourth-order valence-electron chi connectivity index (χ4n) is 3.74. The number of fused-ring (bicyclic) bond motifs is 1. The van der Waals surface area contributed by atoms with E-state index in [-0.39, 0.29) is 12.4 Å². The van der Waals surface area contributed by atoms with Crippen LogP contribution in [0.2, 0.25) is 0 Å². The molecule has 2 N–H and O–H groups in total. The van der Waals surface area contributed by atoms with Crippen molar-refractivity contribution in [1.29, 1.82) is 0 Å². The molecule has 148 valence electrons. The highest BCUT2D eigenvalue weighted by molar-refractivity contribution is 5.77. The van der Waals surface area contributed by atoms with Crippen LogP contribution in [0.5, 0.6) is 5.75 Å². The van der Waals surface area contributed by atoms with E-state index in [0.717, 1.165) is 28.9 Å². The normalized spacial score (nSPS) is 16.5. The fourth-order valence-corrected chi connectivity index (χ4v) is 3.74. The lowest BCUT2D eigenvalue weighted by Crippen LogP contribution is -2.43. The zero-order valence-electron chi connectivity index (χ0n) is 16.7. The number of benzene rings is 1. The zero-order valence-corrected chi connectivity index (χ0v) is 16.7. The van der Waals surface area contributed by atoms with Gasteiger partial charge in [0.05, 0.1) is 11.9 Å². The molecule has 1 saturated carbocycles. The SMILES string of the molecule is CC(C)CC(C)(N)COc1ccc(-c2ccnn3cc(C4CC4)nc23)cc1F. The first kappa shape index (κ1) is 18.9. The van der Waals surface area contributed by atoms with Crippen molar-refractivity contribution >= 4 is 5.65 Å². The number of rotatable bonds is 7. The van der Waals surface area contributed by atoms with Crippen LogP contribution in [-0.2, 0) is 0 Å². The minimum absolute atomic E-state index is 0.219. The van der Waals surface area contributed by atoms with Crippen LogP contribution in [0, 0.1) is 11.7 Å². The summed E-state index contributed by atoms with van der Waals surface area (Å²) in [6, 6.07) is 6.88. The van der Waals surface area contributed by atoms with E-state index < -0.39 is 11.4 Å². The predicted molar refractivity (Wildman–Crippen MR) is 108 cm³/mol. The van der Waals surface area contributed by atoms with Crippen LogP contribution in [0.3, 0.4) is 0 Å². The Kier molecular flexibility index (Phi) is 4.83. The van der Waals surface area contributed by atoms with Gasteiger partial charge in [-0.1, -0.05) is 19.9 Å². The van der Waals surface area contributed by atoms with E-state index in [9.17, 15) is 4.39 Å². The van der Waals surface area contributed by atoms with Crippen LogP contribution >= 0.6 is 0 Å². The Bertz CT molecular complexity index is 991. The third kappa shape index (κ3) is 4.02. The van der Waals surface area contributed by atoms with E-state index >= 15 is 0 Å². The summed E-state index contributed by atoms with van der Waals surface area (Å²) >= 11 is 0. The van der Waals surface area contributed by atoms with E-state index in [4.69, 9.17) is 15.5 Å². The number of hydrogen-bond donors (Lipinski definition) is 1. The standard InChI is InChI=1S/C22H27FN4O/c1-14(2)11-22(3,24)13-28-20-7-6-16(10-18(20)23)17-8-9-25-27-12-19(15-4-5-15)26-21(17)27/h6-10,12,14-15H,4-5,11,13,24H2,1-3H3. The number of nitrogens with two attached hydrogens (primary N) is 1. The molecule has 0 radical (unpaired) electrons. The number of halogens is 1. The van der Waals surface area contributed by atoms with Crippen LogP contribution in [0.4, 0.5) is 4.39 Å². The lowest BCUT2D eigenvalue weighted by atomic mass is 9.93. The number of hydrogen-bond acceptors (Lipinski definition) is 4. The smallest absolute Gasteiger partial charge is 0.165 e. The van der Waals surface area contributed by atoms with Gasteiger partial charge in [0, 0.05) is 23.2 Å². The Morgan fingerprint density at radius 2 is 2.11 bits per heavy atom. The Labute approximate surface area is 164 Å². The van der Waals surface area contributed by atoms with Gasteiger partial charge in [0.2, 0.25) is 0 Å². The molecular formula is C22H27FN4O. The fraction of sp³-hybridized carbons (Fsp3) is 0.455. The van der Waals surface area contributed by atoms with Crippen molar-refractivity contribution in [2.75, 3.05) is 6.61 Å². The second kappa shape index (κ2) is 7.17. The summed E-state index contributed by atoms with van der Waals surface area (Å²) in [4.78, 5) is 4.73. The first-order valence-corrected chi connectivity index (χ1v) is 9.88. The number of nitrogens with zero attached hydrogens (tertiary/aromatic N) is 3. The number of aromatic nitrogens is 3. The van der Waals surface area contributed by atoms with Crippen molar-refractivity contribution < 1.29 is 9.13 Å². The summed E-state index contributed by atoms with van der Waals surface area (Å²) in [5, 5.41) is 4.34. The molecule has 1 fully saturated rings. The first-order chi connectivity index (χ1) is 13.3. The van der Waals surface area contributed by atoms with Crippen molar-refractivity contribution in [2.45, 2.75) is 51.5 Å². The van der Waals surface area contributed by atoms with E-state index in [1.165, 1.54) is 18.9 Å². The highest BCUT2D eigenvalue weighted by atomic mass is 19.1. The maximum atomic E-state index is 14.7. The first-order valence-electron chi connectivity index (χ1n) is 9.88. The minimum Gasteiger partial charge on any atom is -0.489 e. The summed E-state index contributed by atoms with van der Waals surface area (Å²) in [6.45, 7) is 6.43. The third-order valence-electron chi connectivity index (χ3n) is 5.05. The van der Waals surface area contributed by atoms with Crippen LogP contribution in [0.1, 0.15) is 51.6 Å². The molecule has 0 amide bonds. The van der Waals surface area contributed by atoms with E-state index in [1.807, 2.05) is 25.3 Å². The van der Waals surface area contributed by atoms with Crippen molar-refractivity contribution in [1.82, 2.24) is 14.6 Å². The average molecular weight is 382 g/mol. The monoisotopic (exact) mass is 382 g/mol. The Hall–Kier alpha value is -2.47. The van der Waals surface area contributed by atoms with Crippen LogP contribution < -0.4 is 10.5 Å². The lowest BCUT2D eigenvalue weighted by molar-refractivity contribution is 0.200. The molecule has 0 aliphatic heterocycles. The number of ether oxygens (including phenoxy) is 1. The molecule has 1 atom stereocenters. The van der Waals surface area contributed by atoms with Crippen molar-refractivity contribution in [3.05, 3.63) is 48.2 Å².